The molecule has 1 atom stereocenters. The predicted molar refractivity (Wildman–Crippen MR) is 57.8 cm³/mol. The average Bonchev–Trinajstić information content (AvgIpc) is 2.26. The Morgan fingerprint density at radius 1 is 1.36 bits per heavy atom. The Labute approximate surface area is 91.0 Å². The van der Waals surface area contributed by atoms with Crippen LogP contribution in [0.15, 0.2) is 29.2 Å². The van der Waals surface area contributed by atoms with Crippen molar-refractivity contribution in [1.82, 2.24) is 0 Å². The fraction of sp³-hybridized carbons (Fsp3) is 0.300. The van der Waals surface area contributed by atoms with E-state index in [0.29, 0.717) is 17.2 Å². The minimum Gasteiger partial charge on any atom is -0.254 e. The first kappa shape index (κ1) is 11.2. The smallest absolute Gasteiger partial charge is 0.0991 e. The predicted octanol–water partition coefficient (Wildman–Crippen LogP) is 2.29. The largest absolute Gasteiger partial charge is 0.254 e. The Bertz CT molecular complexity index is 355. The number of nitrogens with zero attached hydrogens (tertiary/aromatic N) is 1. The van der Waals surface area contributed by atoms with E-state index in [-0.39, 0.29) is 0 Å². The van der Waals surface area contributed by atoms with Gasteiger partial charge in [-0.25, -0.2) is 0 Å². The molecule has 0 aromatic heterocycles. The topological polar surface area (TPSA) is 40.9 Å². The molecule has 0 N–H and O–H groups in total. The number of rotatable bonds is 4. The summed E-state index contributed by atoms with van der Waals surface area (Å²) in [7, 11) is -0.987. The zero-order valence-electron chi connectivity index (χ0n) is 7.57. The van der Waals surface area contributed by atoms with Crippen LogP contribution >= 0.6 is 11.6 Å². The van der Waals surface area contributed by atoms with Crippen LogP contribution in [0.2, 0.25) is 0 Å². The van der Waals surface area contributed by atoms with Crippen molar-refractivity contribution in [2.75, 3.05) is 11.6 Å². The Balaban J connectivity index is 2.68. The van der Waals surface area contributed by atoms with Gasteiger partial charge in [-0.15, -0.1) is 11.6 Å². The third-order valence-electron chi connectivity index (χ3n) is 1.71. The molecule has 0 spiro atoms. The zero-order valence-corrected chi connectivity index (χ0v) is 9.14. The molecule has 1 aromatic rings. The Morgan fingerprint density at radius 2 is 2.00 bits per heavy atom. The van der Waals surface area contributed by atoms with Crippen LogP contribution in [0.4, 0.5) is 0 Å². The molecule has 0 aliphatic heterocycles. The summed E-state index contributed by atoms with van der Waals surface area (Å²) in [4.78, 5) is 0.758. The molecule has 0 amide bonds. The van der Waals surface area contributed by atoms with Crippen molar-refractivity contribution in [1.29, 1.82) is 5.26 Å². The van der Waals surface area contributed by atoms with Gasteiger partial charge in [0.25, 0.3) is 0 Å². The number of benzene rings is 1. The number of nitriles is 1. The standard InChI is InChI=1S/C10H10ClNOS/c11-6-1-7-14(13)10-4-2-9(8-12)3-5-10/h2-5H,1,6-7H2. The van der Waals surface area contributed by atoms with E-state index in [1.54, 1.807) is 24.3 Å². The van der Waals surface area contributed by atoms with E-state index >= 15 is 0 Å². The first-order chi connectivity index (χ1) is 6.77. The lowest BCUT2D eigenvalue weighted by molar-refractivity contribution is 0.682. The van der Waals surface area contributed by atoms with Crippen LogP contribution in [0.25, 0.3) is 0 Å². The van der Waals surface area contributed by atoms with E-state index in [9.17, 15) is 4.21 Å². The molecule has 0 radical (unpaired) electrons. The first-order valence-corrected chi connectivity index (χ1v) is 6.08. The van der Waals surface area contributed by atoms with Crippen LogP contribution in [0.5, 0.6) is 0 Å². The molecular weight excluding hydrogens is 218 g/mol. The second-order valence-electron chi connectivity index (χ2n) is 2.73. The van der Waals surface area contributed by atoms with Gasteiger partial charge in [0.2, 0.25) is 0 Å². The van der Waals surface area contributed by atoms with Gasteiger partial charge in [-0.05, 0) is 30.7 Å². The van der Waals surface area contributed by atoms with Gasteiger partial charge in [-0.3, -0.25) is 4.21 Å². The summed E-state index contributed by atoms with van der Waals surface area (Å²) in [6.07, 6.45) is 0.744. The minimum atomic E-state index is -0.987. The third kappa shape index (κ3) is 3.13. The molecule has 0 heterocycles. The minimum absolute atomic E-state index is 0.530. The van der Waals surface area contributed by atoms with Gasteiger partial charge in [0, 0.05) is 16.5 Å². The number of hydrogen-bond acceptors (Lipinski definition) is 2. The van der Waals surface area contributed by atoms with Crippen LogP contribution in [0.1, 0.15) is 12.0 Å². The second-order valence-corrected chi connectivity index (χ2v) is 4.68. The Morgan fingerprint density at radius 3 is 2.50 bits per heavy atom. The normalized spacial score (nSPS) is 12.0. The molecule has 0 aliphatic carbocycles. The van der Waals surface area contributed by atoms with Gasteiger partial charge in [-0.2, -0.15) is 5.26 Å². The highest BCUT2D eigenvalue weighted by molar-refractivity contribution is 7.85. The monoisotopic (exact) mass is 227 g/mol. The van der Waals surface area contributed by atoms with E-state index in [1.807, 2.05) is 6.07 Å². The van der Waals surface area contributed by atoms with Crippen LogP contribution in [0, 0.1) is 11.3 Å². The molecule has 14 heavy (non-hydrogen) atoms. The van der Waals surface area contributed by atoms with Crippen molar-refractivity contribution in [3.05, 3.63) is 29.8 Å². The van der Waals surface area contributed by atoms with Crippen molar-refractivity contribution in [3.8, 4) is 6.07 Å². The van der Waals surface area contributed by atoms with Gasteiger partial charge in [0.05, 0.1) is 22.4 Å². The van der Waals surface area contributed by atoms with Gasteiger partial charge in [0.1, 0.15) is 0 Å². The van der Waals surface area contributed by atoms with Gasteiger partial charge >= 0.3 is 0 Å². The number of alkyl halides is 1. The van der Waals surface area contributed by atoms with Crippen LogP contribution < -0.4 is 0 Å². The fourth-order valence-corrected chi connectivity index (χ4v) is 2.36. The van der Waals surface area contributed by atoms with Crippen molar-refractivity contribution in [2.24, 2.45) is 0 Å². The third-order valence-corrected chi connectivity index (χ3v) is 3.43. The Hall–Kier alpha value is -0.850. The average molecular weight is 228 g/mol. The maximum atomic E-state index is 11.6. The second kappa shape index (κ2) is 5.79. The molecule has 0 fully saturated rings. The van der Waals surface area contributed by atoms with Crippen molar-refractivity contribution in [3.63, 3.8) is 0 Å². The summed E-state index contributed by atoms with van der Waals surface area (Å²) in [6.45, 7) is 0. The van der Waals surface area contributed by atoms with Gasteiger partial charge in [-0.1, -0.05) is 0 Å². The van der Waals surface area contributed by atoms with E-state index < -0.39 is 10.8 Å². The zero-order chi connectivity index (χ0) is 10.4. The highest BCUT2D eigenvalue weighted by Crippen LogP contribution is 2.09. The maximum Gasteiger partial charge on any atom is 0.0991 e. The number of hydrogen-bond donors (Lipinski definition) is 0. The molecule has 0 aliphatic rings. The molecule has 1 unspecified atom stereocenters. The lowest BCUT2D eigenvalue weighted by atomic mass is 10.2. The summed E-state index contributed by atoms with van der Waals surface area (Å²) < 4.78 is 11.6. The van der Waals surface area contributed by atoms with Crippen LogP contribution in [-0.4, -0.2) is 15.8 Å². The summed E-state index contributed by atoms with van der Waals surface area (Å²) in [6, 6.07) is 8.82. The van der Waals surface area contributed by atoms with E-state index in [2.05, 4.69) is 0 Å². The quantitative estimate of drug-likeness (QED) is 0.741. The summed E-state index contributed by atoms with van der Waals surface area (Å²) in [5.41, 5.74) is 0.586. The summed E-state index contributed by atoms with van der Waals surface area (Å²) in [5.74, 6) is 1.11. The lowest BCUT2D eigenvalue weighted by Crippen LogP contribution is -1.98. The molecule has 0 bridgehead atoms. The molecule has 2 nitrogen and oxygen atoms in total. The SMILES string of the molecule is N#Cc1ccc(S(=O)CCCCl)cc1. The van der Waals surface area contributed by atoms with Crippen molar-refractivity contribution < 1.29 is 4.21 Å². The molecular formula is C10H10ClNOS. The van der Waals surface area contributed by atoms with Gasteiger partial charge < -0.3 is 0 Å². The summed E-state index contributed by atoms with van der Waals surface area (Å²) in [5, 5.41) is 8.57. The molecule has 74 valence electrons. The van der Waals surface area contributed by atoms with Crippen LogP contribution in [-0.2, 0) is 10.8 Å². The highest BCUT2D eigenvalue weighted by atomic mass is 35.5. The van der Waals surface area contributed by atoms with E-state index in [4.69, 9.17) is 16.9 Å². The van der Waals surface area contributed by atoms with Crippen molar-refractivity contribution >= 4 is 22.4 Å². The Kier molecular flexibility index (Phi) is 4.64. The molecule has 1 rings (SSSR count). The molecule has 4 heteroatoms. The maximum absolute atomic E-state index is 11.6. The highest BCUT2D eigenvalue weighted by Gasteiger charge is 2.02. The first-order valence-electron chi connectivity index (χ1n) is 4.22. The van der Waals surface area contributed by atoms with E-state index in [0.717, 1.165) is 11.3 Å². The van der Waals surface area contributed by atoms with Crippen LogP contribution in [0.3, 0.4) is 0 Å². The van der Waals surface area contributed by atoms with Crippen molar-refractivity contribution in [2.45, 2.75) is 11.3 Å². The van der Waals surface area contributed by atoms with Gasteiger partial charge in [0.15, 0.2) is 0 Å². The molecule has 1 aromatic carbocycles. The lowest BCUT2D eigenvalue weighted by Gasteiger charge is -2.00. The molecule has 0 saturated carbocycles. The number of halogens is 1. The molecule has 0 saturated heterocycles. The fourth-order valence-electron chi connectivity index (χ4n) is 0.985. The van der Waals surface area contributed by atoms with E-state index in [1.165, 1.54) is 0 Å². The summed E-state index contributed by atoms with van der Waals surface area (Å²) >= 11 is 5.50.